The molecule has 0 aliphatic heterocycles. The largest absolute Gasteiger partial charge is 0.502 e. The van der Waals surface area contributed by atoms with Crippen LogP contribution in [-0.2, 0) is 4.79 Å². The van der Waals surface area contributed by atoms with Crippen LogP contribution in [-0.4, -0.2) is 104 Å². The zero-order valence-corrected chi connectivity index (χ0v) is 47.2. The number of methoxy groups -OCH3 is 13. The third kappa shape index (κ3) is 11.8. The predicted octanol–water partition coefficient (Wildman–Crippen LogP) is 10.1. The van der Waals surface area contributed by atoms with Crippen molar-refractivity contribution >= 4 is 38.9 Å². The zero-order chi connectivity index (χ0) is 59.5. The SMILES string of the molecule is COc1cc(OC)c2c(=O)c(O)c(-c3ccc(OC)c(OC)c3)oc2c1.COc1cc(OC)c2c(=O)c(OC(C)=O)c(-c3ccc(OC)c(OC)c3)oc2c1.COc1cc(OC)c2c(=O)c(OC)c(-c3ccc(OC)c(OC)c3)oc2c1. The quantitative estimate of drug-likeness (QED) is 0.0831. The second-order valence-electron chi connectivity index (χ2n) is 16.9. The first-order valence-electron chi connectivity index (χ1n) is 24.3. The van der Waals surface area contributed by atoms with Gasteiger partial charge in [0.1, 0.15) is 67.4 Å². The summed E-state index contributed by atoms with van der Waals surface area (Å²) in [5.41, 5.74) is 0.790. The van der Waals surface area contributed by atoms with E-state index in [-0.39, 0.29) is 73.0 Å². The van der Waals surface area contributed by atoms with Gasteiger partial charge in [0.15, 0.2) is 51.8 Å². The van der Waals surface area contributed by atoms with Crippen LogP contribution in [0.1, 0.15) is 6.92 Å². The van der Waals surface area contributed by atoms with Crippen molar-refractivity contribution in [3.8, 4) is 120 Å². The first kappa shape index (κ1) is 59.3. The number of hydrogen-bond donors (Lipinski definition) is 1. The van der Waals surface area contributed by atoms with Crippen LogP contribution in [0.5, 0.6) is 86.2 Å². The first-order valence-corrected chi connectivity index (χ1v) is 24.3. The molecule has 0 aliphatic carbocycles. The second kappa shape index (κ2) is 26.1. The van der Waals surface area contributed by atoms with Crippen molar-refractivity contribution in [2.45, 2.75) is 6.92 Å². The normalized spacial score (nSPS) is 10.6. The number of rotatable bonds is 17. The monoisotopic (exact) mass is 1130 g/mol. The van der Waals surface area contributed by atoms with E-state index in [1.54, 1.807) is 98.1 Å². The van der Waals surface area contributed by atoms with Gasteiger partial charge in [-0.25, -0.2) is 0 Å². The van der Waals surface area contributed by atoms with Crippen LogP contribution < -0.4 is 82.6 Å². The van der Waals surface area contributed by atoms with Gasteiger partial charge in [-0.2, -0.15) is 0 Å². The fourth-order valence-electron chi connectivity index (χ4n) is 8.50. The molecular formula is C60H58O22. The molecule has 9 aromatic rings. The van der Waals surface area contributed by atoms with Crippen LogP contribution in [0, 0.1) is 0 Å². The first-order chi connectivity index (χ1) is 39.5. The van der Waals surface area contributed by atoms with Crippen LogP contribution in [0.2, 0.25) is 0 Å². The van der Waals surface area contributed by atoms with Crippen molar-refractivity contribution in [1.82, 2.24) is 0 Å². The van der Waals surface area contributed by atoms with E-state index in [2.05, 4.69) is 0 Å². The third-order valence-corrected chi connectivity index (χ3v) is 12.4. The summed E-state index contributed by atoms with van der Waals surface area (Å²) in [6.07, 6.45) is 0. The third-order valence-electron chi connectivity index (χ3n) is 12.4. The molecule has 0 aliphatic rings. The molecule has 0 bridgehead atoms. The molecule has 0 spiro atoms. The molecule has 1 N–H and O–H groups in total. The Morgan fingerprint density at radius 3 is 0.963 bits per heavy atom. The van der Waals surface area contributed by atoms with Gasteiger partial charge in [-0.05, 0) is 54.6 Å². The van der Waals surface area contributed by atoms with Gasteiger partial charge < -0.3 is 84.7 Å². The highest BCUT2D eigenvalue weighted by Crippen LogP contribution is 2.43. The van der Waals surface area contributed by atoms with E-state index >= 15 is 0 Å². The van der Waals surface area contributed by atoms with Gasteiger partial charge in [-0.1, -0.05) is 0 Å². The highest BCUT2D eigenvalue weighted by atomic mass is 16.6. The van der Waals surface area contributed by atoms with E-state index in [1.807, 2.05) is 0 Å². The maximum Gasteiger partial charge on any atom is 0.308 e. The van der Waals surface area contributed by atoms with Crippen molar-refractivity contribution in [2.24, 2.45) is 0 Å². The lowest BCUT2D eigenvalue weighted by molar-refractivity contribution is -0.132. The van der Waals surface area contributed by atoms with Gasteiger partial charge in [-0.15, -0.1) is 0 Å². The van der Waals surface area contributed by atoms with Gasteiger partial charge in [0.25, 0.3) is 0 Å². The summed E-state index contributed by atoms with van der Waals surface area (Å²) in [7, 11) is 19.3. The van der Waals surface area contributed by atoms with Crippen molar-refractivity contribution in [3.05, 3.63) is 122 Å². The number of fused-ring (bicyclic) bond motifs is 3. The van der Waals surface area contributed by atoms with E-state index in [0.29, 0.717) is 79.8 Å². The molecule has 3 heterocycles. The predicted molar refractivity (Wildman–Crippen MR) is 302 cm³/mol. The fraction of sp³-hybridized carbons (Fsp3) is 0.233. The minimum absolute atomic E-state index is 0.0127. The number of ether oxygens (including phenoxy) is 14. The smallest absolute Gasteiger partial charge is 0.308 e. The van der Waals surface area contributed by atoms with Gasteiger partial charge in [0.2, 0.25) is 33.5 Å². The molecule has 0 saturated heterocycles. The molecule has 0 radical (unpaired) electrons. The minimum Gasteiger partial charge on any atom is -0.502 e. The van der Waals surface area contributed by atoms with Gasteiger partial charge in [-0.3, -0.25) is 19.2 Å². The summed E-state index contributed by atoms with van der Waals surface area (Å²) in [6.45, 7) is 1.20. The topological polar surface area (TPSA) is 257 Å². The molecule has 0 amide bonds. The average molecular weight is 1130 g/mol. The van der Waals surface area contributed by atoms with Crippen molar-refractivity contribution < 1.29 is 89.5 Å². The summed E-state index contributed by atoms with van der Waals surface area (Å²) in [4.78, 5) is 50.6. The maximum atomic E-state index is 13.2. The molecular weight excluding hydrogens is 1070 g/mol. The Hall–Kier alpha value is -10.4. The fourth-order valence-corrected chi connectivity index (χ4v) is 8.50. The van der Waals surface area contributed by atoms with Gasteiger partial charge in [0.05, 0.1) is 92.4 Å². The second-order valence-corrected chi connectivity index (χ2v) is 16.9. The summed E-state index contributed by atoms with van der Waals surface area (Å²) in [5, 5.41) is 11.0. The van der Waals surface area contributed by atoms with Crippen molar-refractivity contribution in [3.63, 3.8) is 0 Å². The molecule has 6 aromatic carbocycles. The van der Waals surface area contributed by atoms with Crippen LogP contribution in [0.4, 0.5) is 0 Å². The van der Waals surface area contributed by atoms with E-state index in [1.165, 1.54) is 92.2 Å². The van der Waals surface area contributed by atoms with Crippen molar-refractivity contribution in [2.75, 3.05) is 92.4 Å². The lowest BCUT2D eigenvalue weighted by Gasteiger charge is -2.14. The number of carbonyl (C=O) groups is 1. The molecule has 3 aromatic heterocycles. The van der Waals surface area contributed by atoms with Crippen LogP contribution in [0.15, 0.2) is 119 Å². The van der Waals surface area contributed by atoms with E-state index in [4.69, 9.17) is 79.6 Å². The van der Waals surface area contributed by atoms with Crippen molar-refractivity contribution in [1.29, 1.82) is 0 Å². The molecule has 22 nitrogen and oxygen atoms in total. The molecule has 0 unspecified atom stereocenters. The Morgan fingerprint density at radius 1 is 0.341 bits per heavy atom. The summed E-state index contributed by atoms with van der Waals surface area (Å²) < 4.78 is 91.6. The highest BCUT2D eigenvalue weighted by Gasteiger charge is 2.26. The summed E-state index contributed by atoms with van der Waals surface area (Å²) in [5.74, 6) is 4.16. The minimum atomic E-state index is -0.661. The summed E-state index contributed by atoms with van der Waals surface area (Å²) in [6, 6.07) is 24.5. The molecule has 22 heteroatoms. The Bertz CT molecular complexity index is 4000. The lowest BCUT2D eigenvalue weighted by atomic mass is 10.1. The highest BCUT2D eigenvalue weighted by molar-refractivity contribution is 5.91. The Kier molecular flexibility index (Phi) is 18.8. The molecule has 430 valence electrons. The molecule has 82 heavy (non-hydrogen) atoms. The zero-order valence-electron chi connectivity index (χ0n) is 47.2. The van der Waals surface area contributed by atoms with Gasteiger partial charge >= 0.3 is 5.97 Å². The van der Waals surface area contributed by atoms with Crippen LogP contribution in [0.25, 0.3) is 66.9 Å². The van der Waals surface area contributed by atoms with E-state index in [9.17, 15) is 24.3 Å². The average Bonchev–Trinajstić information content (AvgIpc) is 3.54. The number of carbonyl (C=O) groups excluding carboxylic acids is 1. The molecule has 0 saturated carbocycles. The standard InChI is InChI=1S/C21H20O8.C20H20O7.C19H18O7/c1-11(22)28-21-19(23)18-16(27-5)9-13(24-2)10-17(18)29-20(21)12-6-7-14(25-3)15(8-12)26-4;1-22-12-9-15(25-4)17-16(10-12)27-19(20(26-5)18(17)21)11-6-7-13(23-2)14(8-11)24-3;1-22-11-8-14(25-4)16-15(9-11)26-19(18(21)17(16)20)10-5-6-12(23-2)13(7-10)24-3/h6-10H,1-5H3;6-10H,1-5H3;5-9,21H,1-4H3. The van der Waals surface area contributed by atoms with Crippen LogP contribution in [0.3, 0.4) is 0 Å². The number of benzene rings is 6. The Labute approximate surface area is 468 Å². The lowest BCUT2D eigenvalue weighted by Crippen LogP contribution is -2.14. The number of aromatic hydroxyl groups is 1. The molecule has 0 fully saturated rings. The van der Waals surface area contributed by atoms with Crippen LogP contribution >= 0.6 is 0 Å². The number of hydrogen-bond acceptors (Lipinski definition) is 22. The Balaban J connectivity index is 0.000000177. The maximum absolute atomic E-state index is 13.2. The van der Waals surface area contributed by atoms with Gasteiger partial charge in [0, 0.05) is 60.0 Å². The Morgan fingerprint density at radius 2 is 0.646 bits per heavy atom. The van der Waals surface area contributed by atoms with E-state index in [0.717, 1.165) is 0 Å². The molecule has 9 rings (SSSR count). The number of esters is 1. The molecule has 0 atom stereocenters. The van der Waals surface area contributed by atoms with E-state index < -0.39 is 22.6 Å². The summed E-state index contributed by atoms with van der Waals surface area (Å²) >= 11 is 0.